The smallest absolute Gasteiger partial charge is 0.237 e. The SMILES string of the molecule is Br.CC(C)[C@H](N)C(=O)NCCS. The lowest BCUT2D eigenvalue weighted by Crippen LogP contribution is -2.44. The molecule has 0 bridgehead atoms. The normalized spacial score (nSPS) is 12.1. The molecule has 3 N–H and O–H groups in total. The number of amides is 1. The Balaban J connectivity index is 0. The van der Waals surface area contributed by atoms with Gasteiger partial charge in [0.05, 0.1) is 6.04 Å². The number of nitrogens with two attached hydrogens (primary N) is 1. The van der Waals surface area contributed by atoms with Crippen LogP contribution >= 0.6 is 29.6 Å². The van der Waals surface area contributed by atoms with Crippen molar-refractivity contribution in [3.05, 3.63) is 0 Å². The summed E-state index contributed by atoms with van der Waals surface area (Å²) >= 11 is 3.96. The lowest BCUT2D eigenvalue weighted by molar-refractivity contribution is -0.123. The van der Waals surface area contributed by atoms with Gasteiger partial charge in [0.1, 0.15) is 0 Å². The average molecular weight is 257 g/mol. The van der Waals surface area contributed by atoms with Crippen LogP contribution in [0.25, 0.3) is 0 Å². The molecule has 0 aliphatic carbocycles. The first-order valence-corrected chi connectivity index (χ1v) is 4.37. The number of carbonyl (C=O) groups excluding carboxylic acids is 1. The van der Waals surface area contributed by atoms with Crippen molar-refractivity contribution in [2.75, 3.05) is 12.3 Å². The molecule has 0 saturated heterocycles. The van der Waals surface area contributed by atoms with Crippen LogP contribution in [0.4, 0.5) is 0 Å². The van der Waals surface area contributed by atoms with Crippen molar-refractivity contribution in [2.45, 2.75) is 19.9 Å². The monoisotopic (exact) mass is 256 g/mol. The fourth-order valence-electron chi connectivity index (χ4n) is 0.600. The first kappa shape index (κ1) is 14.8. The Labute approximate surface area is 89.6 Å². The zero-order chi connectivity index (χ0) is 8.85. The van der Waals surface area contributed by atoms with Gasteiger partial charge in [-0.3, -0.25) is 4.79 Å². The molecule has 0 aliphatic heterocycles. The summed E-state index contributed by atoms with van der Waals surface area (Å²) in [5.74, 6) is 0.750. The van der Waals surface area contributed by atoms with E-state index in [2.05, 4.69) is 17.9 Å². The van der Waals surface area contributed by atoms with Crippen molar-refractivity contribution in [1.82, 2.24) is 5.32 Å². The van der Waals surface area contributed by atoms with Gasteiger partial charge in [-0.15, -0.1) is 17.0 Å². The summed E-state index contributed by atoms with van der Waals surface area (Å²) in [7, 11) is 0. The van der Waals surface area contributed by atoms with E-state index < -0.39 is 6.04 Å². The highest BCUT2D eigenvalue weighted by Gasteiger charge is 2.15. The molecule has 0 radical (unpaired) electrons. The molecule has 0 aromatic carbocycles. The Kier molecular flexibility index (Phi) is 9.70. The first-order chi connectivity index (χ1) is 5.09. The molecular formula is C7H17BrN2OS. The summed E-state index contributed by atoms with van der Waals surface area (Å²) in [6.45, 7) is 4.43. The Bertz CT molecular complexity index is 133. The second-order valence-electron chi connectivity index (χ2n) is 2.78. The van der Waals surface area contributed by atoms with Crippen molar-refractivity contribution in [3.8, 4) is 0 Å². The molecule has 0 unspecified atom stereocenters. The lowest BCUT2D eigenvalue weighted by atomic mass is 10.1. The predicted molar refractivity (Wildman–Crippen MR) is 60.0 cm³/mol. The molecule has 3 nitrogen and oxygen atoms in total. The quantitative estimate of drug-likeness (QED) is 0.646. The van der Waals surface area contributed by atoms with E-state index in [0.717, 1.165) is 0 Å². The standard InChI is InChI=1S/C7H16N2OS.BrH/c1-5(2)6(8)7(10)9-3-4-11;/h5-6,11H,3-4,8H2,1-2H3,(H,9,10);1H/t6-;/m0./s1. The van der Waals surface area contributed by atoms with Gasteiger partial charge >= 0.3 is 0 Å². The lowest BCUT2D eigenvalue weighted by Gasteiger charge is -2.14. The van der Waals surface area contributed by atoms with E-state index in [0.29, 0.717) is 12.3 Å². The molecule has 0 aliphatic rings. The summed E-state index contributed by atoms with van der Waals surface area (Å²) in [6, 6.07) is -0.394. The minimum atomic E-state index is -0.394. The van der Waals surface area contributed by atoms with Crippen LogP contribution in [-0.2, 0) is 4.79 Å². The molecule has 1 atom stereocenters. The number of nitrogens with one attached hydrogen (secondary N) is 1. The van der Waals surface area contributed by atoms with Crippen LogP contribution in [0.3, 0.4) is 0 Å². The van der Waals surface area contributed by atoms with Gasteiger partial charge in [-0.2, -0.15) is 12.6 Å². The van der Waals surface area contributed by atoms with Gasteiger partial charge in [0, 0.05) is 12.3 Å². The predicted octanol–water partition coefficient (Wildman–Crippen LogP) is 0.594. The molecule has 5 heteroatoms. The van der Waals surface area contributed by atoms with Gasteiger partial charge in [0.15, 0.2) is 0 Å². The van der Waals surface area contributed by atoms with Crippen molar-refractivity contribution in [3.63, 3.8) is 0 Å². The molecule has 0 spiro atoms. The van der Waals surface area contributed by atoms with Crippen molar-refractivity contribution >= 4 is 35.5 Å². The van der Waals surface area contributed by atoms with E-state index in [1.54, 1.807) is 0 Å². The minimum Gasteiger partial charge on any atom is -0.354 e. The fourth-order valence-corrected chi connectivity index (χ4v) is 0.712. The molecule has 0 rings (SSSR count). The molecule has 74 valence electrons. The highest BCUT2D eigenvalue weighted by molar-refractivity contribution is 8.93. The van der Waals surface area contributed by atoms with Crippen molar-refractivity contribution in [2.24, 2.45) is 11.7 Å². The van der Waals surface area contributed by atoms with E-state index in [1.807, 2.05) is 13.8 Å². The van der Waals surface area contributed by atoms with Gasteiger partial charge in [-0.05, 0) is 5.92 Å². The summed E-state index contributed by atoms with van der Waals surface area (Å²) in [4.78, 5) is 11.1. The van der Waals surface area contributed by atoms with E-state index in [9.17, 15) is 4.79 Å². The second-order valence-corrected chi connectivity index (χ2v) is 3.23. The molecule has 12 heavy (non-hydrogen) atoms. The highest BCUT2D eigenvalue weighted by Crippen LogP contribution is 1.97. The highest BCUT2D eigenvalue weighted by atomic mass is 79.9. The van der Waals surface area contributed by atoms with Gasteiger partial charge in [0.2, 0.25) is 5.91 Å². The Hall–Kier alpha value is 0.260. The van der Waals surface area contributed by atoms with Gasteiger partial charge in [0.25, 0.3) is 0 Å². The molecular weight excluding hydrogens is 240 g/mol. The third-order valence-corrected chi connectivity index (χ3v) is 1.66. The van der Waals surface area contributed by atoms with Crippen LogP contribution < -0.4 is 11.1 Å². The van der Waals surface area contributed by atoms with Gasteiger partial charge < -0.3 is 11.1 Å². The molecule has 0 heterocycles. The van der Waals surface area contributed by atoms with E-state index in [1.165, 1.54) is 0 Å². The summed E-state index contributed by atoms with van der Waals surface area (Å²) < 4.78 is 0. The topological polar surface area (TPSA) is 55.1 Å². The molecule has 0 fully saturated rings. The maximum Gasteiger partial charge on any atom is 0.237 e. The fraction of sp³-hybridized carbons (Fsp3) is 0.857. The number of halogens is 1. The van der Waals surface area contributed by atoms with E-state index in [4.69, 9.17) is 5.73 Å². The molecule has 0 aromatic heterocycles. The van der Waals surface area contributed by atoms with Crippen molar-refractivity contribution in [1.29, 1.82) is 0 Å². The maximum atomic E-state index is 11.1. The van der Waals surface area contributed by atoms with Gasteiger partial charge in [-0.1, -0.05) is 13.8 Å². The van der Waals surface area contributed by atoms with E-state index in [-0.39, 0.29) is 28.8 Å². The first-order valence-electron chi connectivity index (χ1n) is 3.73. The average Bonchev–Trinajstić information content (AvgIpc) is 1.98. The zero-order valence-electron chi connectivity index (χ0n) is 7.41. The summed E-state index contributed by atoms with van der Waals surface area (Å²) in [5, 5.41) is 2.67. The van der Waals surface area contributed by atoms with Crippen molar-refractivity contribution < 1.29 is 4.79 Å². The second kappa shape index (κ2) is 7.89. The largest absolute Gasteiger partial charge is 0.354 e. The van der Waals surface area contributed by atoms with E-state index >= 15 is 0 Å². The van der Waals surface area contributed by atoms with Crippen LogP contribution in [0.2, 0.25) is 0 Å². The number of rotatable bonds is 4. The van der Waals surface area contributed by atoms with Crippen LogP contribution in [0.5, 0.6) is 0 Å². The zero-order valence-corrected chi connectivity index (χ0v) is 10.0. The van der Waals surface area contributed by atoms with Crippen LogP contribution in [0.1, 0.15) is 13.8 Å². The molecule has 0 aromatic rings. The Morgan fingerprint density at radius 1 is 1.58 bits per heavy atom. The number of carbonyl (C=O) groups is 1. The molecule has 0 saturated carbocycles. The van der Waals surface area contributed by atoms with Gasteiger partial charge in [-0.25, -0.2) is 0 Å². The Morgan fingerprint density at radius 2 is 2.08 bits per heavy atom. The number of hydrogen-bond donors (Lipinski definition) is 3. The third kappa shape index (κ3) is 5.85. The summed E-state index contributed by atoms with van der Waals surface area (Å²) in [5.41, 5.74) is 5.56. The maximum absolute atomic E-state index is 11.1. The molecule has 1 amide bonds. The van der Waals surface area contributed by atoms with Crippen LogP contribution in [0, 0.1) is 5.92 Å². The van der Waals surface area contributed by atoms with Crippen LogP contribution in [0.15, 0.2) is 0 Å². The Morgan fingerprint density at radius 3 is 2.42 bits per heavy atom. The number of thiol groups is 1. The minimum absolute atomic E-state index is 0. The van der Waals surface area contributed by atoms with Crippen LogP contribution in [-0.4, -0.2) is 24.2 Å². The summed E-state index contributed by atoms with van der Waals surface area (Å²) in [6.07, 6.45) is 0. The third-order valence-electron chi connectivity index (χ3n) is 1.43. The number of hydrogen-bond acceptors (Lipinski definition) is 3.